The molecule has 5 heteroatoms. The van der Waals surface area contributed by atoms with Gasteiger partial charge in [0.1, 0.15) is 12.1 Å². The monoisotopic (exact) mass is 268 g/mol. The SMILES string of the molecule is CC(=O)c1ccc(CN=Cc2c(C)ncnc2N)cc1. The first-order valence-electron chi connectivity index (χ1n) is 6.24. The fraction of sp³-hybridized carbons (Fsp3) is 0.200. The topological polar surface area (TPSA) is 81.2 Å². The largest absolute Gasteiger partial charge is 0.383 e. The van der Waals surface area contributed by atoms with Crippen LogP contribution in [0.5, 0.6) is 0 Å². The molecule has 5 nitrogen and oxygen atoms in total. The third-order valence-electron chi connectivity index (χ3n) is 2.97. The molecule has 0 amide bonds. The van der Waals surface area contributed by atoms with Gasteiger partial charge in [0, 0.05) is 11.8 Å². The van der Waals surface area contributed by atoms with Crippen LogP contribution >= 0.6 is 0 Å². The predicted octanol–water partition coefficient (Wildman–Crippen LogP) is 2.19. The highest BCUT2D eigenvalue weighted by molar-refractivity contribution is 5.94. The van der Waals surface area contributed by atoms with Gasteiger partial charge in [0.05, 0.1) is 17.8 Å². The van der Waals surface area contributed by atoms with Gasteiger partial charge in [0.2, 0.25) is 0 Å². The van der Waals surface area contributed by atoms with Crippen molar-refractivity contribution in [2.24, 2.45) is 4.99 Å². The maximum Gasteiger partial charge on any atom is 0.159 e. The molecule has 0 saturated heterocycles. The number of benzene rings is 1. The Morgan fingerprint density at radius 3 is 2.60 bits per heavy atom. The van der Waals surface area contributed by atoms with Crippen molar-refractivity contribution in [2.45, 2.75) is 20.4 Å². The van der Waals surface area contributed by atoms with Crippen molar-refractivity contribution in [2.75, 3.05) is 5.73 Å². The fourth-order valence-corrected chi connectivity index (χ4v) is 1.75. The van der Waals surface area contributed by atoms with Crippen molar-refractivity contribution < 1.29 is 4.79 Å². The lowest BCUT2D eigenvalue weighted by molar-refractivity contribution is 0.101. The summed E-state index contributed by atoms with van der Waals surface area (Å²) >= 11 is 0. The molecule has 0 radical (unpaired) electrons. The van der Waals surface area contributed by atoms with Gasteiger partial charge in [0.25, 0.3) is 0 Å². The number of hydrogen-bond acceptors (Lipinski definition) is 5. The molecule has 102 valence electrons. The summed E-state index contributed by atoms with van der Waals surface area (Å²) < 4.78 is 0. The molecule has 1 heterocycles. The summed E-state index contributed by atoms with van der Waals surface area (Å²) in [6.07, 6.45) is 3.12. The first kappa shape index (κ1) is 13.9. The zero-order valence-electron chi connectivity index (χ0n) is 11.5. The number of nitrogens with zero attached hydrogens (tertiary/aromatic N) is 3. The number of aryl methyl sites for hydroxylation is 1. The van der Waals surface area contributed by atoms with Gasteiger partial charge in [-0.15, -0.1) is 0 Å². The van der Waals surface area contributed by atoms with E-state index in [0.717, 1.165) is 16.8 Å². The van der Waals surface area contributed by atoms with Gasteiger partial charge in [-0.2, -0.15) is 0 Å². The summed E-state index contributed by atoms with van der Waals surface area (Å²) in [5.41, 5.74) is 9.05. The number of carbonyl (C=O) groups excluding carboxylic acids is 1. The number of hydrogen-bond donors (Lipinski definition) is 1. The minimum absolute atomic E-state index is 0.0601. The highest BCUT2D eigenvalue weighted by Crippen LogP contribution is 2.09. The zero-order valence-corrected chi connectivity index (χ0v) is 11.5. The molecule has 2 rings (SSSR count). The molecular formula is C15H16N4O. The Kier molecular flexibility index (Phi) is 4.20. The normalized spacial score (nSPS) is 10.9. The number of anilines is 1. The number of aromatic nitrogens is 2. The maximum atomic E-state index is 11.2. The molecule has 2 aromatic rings. The van der Waals surface area contributed by atoms with E-state index in [1.54, 1.807) is 25.3 Å². The van der Waals surface area contributed by atoms with Gasteiger partial charge in [0.15, 0.2) is 5.78 Å². The summed E-state index contributed by atoms with van der Waals surface area (Å²) in [5.74, 6) is 0.484. The third-order valence-corrected chi connectivity index (χ3v) is 2.97. The molecule has 0 saturated carbocycles. The highest BCUT2D eigenvalue weighted by Gasteiger charge is 2.02. The highest BCUT2D eigenvalue weighted by atomic mass is 16.1. The van der Waals surface area contributed by atoms with Gasteiger partial charge >= 0.3 is 0 Å². The second-order valence-electron chi connectivity index (χ2n) is 4.48. The molecule has 0 atom stereocenters. The smallest absolute Gasteiger partial charge is 0.159 e. The minimum Gasteiger partial charge on any atom is -0.383 e. The summed E-state index contributed by atoms with van der Waals surface area (Å²) in [6, 6.07) is 7.40. The van der Waals surface area contributed by atoms with Crippen LogP contribution < -0.4 is 5.73 Å². The van der Waals surface area contributed by atoms with Gasteiger partial charge in [-0.05, 0) is 19.4 Å². The van der Waals surface area contributed by atoms with Crippen LogP contribution in [0.15, 0.2) is 35.6 Å². The molecule has 0 unspecified atom stereocenters. The maximum absolute atomic E-state index is 11.2. The number of Topliss-reactive ketones (excluding diaryl/α,β-unsaturated/α-hetero) is 1. The second-order valence-corrected chi connectivity index (χ2v) is 4.48. The van der Waals surface area contributed by atoms with Crippen LogP contribution in [0.2, 0.25) is 0 Å². The lowest BCUT2D eigenvalue weighted by Crippen LogP contribution is -2.01. The standard InChI is InChI=1S/C15H16N4O/c1-10-14(15(16)19-9-18-10)8-17-7-12-3-5-13(6-4-12)11(2)20/h3-6,8-9H,7H2,1-2H3,(H2,16,18,19). The fourth-order valence-electron chi connectivity index (χ4n) is 1.75. The Bertz CT molecular complexity index is 627. The Labute approximate surface area is 117 Å². The molecule has 0 aliphatic carbocycles. The van der Waals surface area contributed by atoms with E-state index < -0.39 is 0 Å². The molecule has 0 bridgehead atoms. The van der Waals surface area contributed by atoms with Crippen molar-refractivity contribution in [1.29, 1.82) is 0 Å². The van der Waals surface area contributed by atoms with Crippen molar-refractivity contribution in [3.63, 3.8) is 0 Å². The van der Waals surface area contributed by atoms with Crippen molar-refractivity contribution in [3.05, 3.63) is 53.0 Å². The number of nitrogen functional groups attached to an aromatic ring is 1. The number of nitrogens with two attached hydrogens (primary N) is 1. The van der Waals surface area contributed by atoms with Crippen molar-refractivity contribution in [1.82, 2.24) is 9.97 Å². The van der Waals surface area contributed by atoms with Gasteiger partial charge in [-0.25, -0.2) is 9.97 Å². The molecule has 0 fully saturated rings. The van der Waals surface area contributed by atoms with Crippen LogP contribution in [0.4, 0.5) is 5.82 Å². The summed E-state index contributed by atoms with van der Waals surface area (Å²) in [6.45, 7) is 3.93. The molecule has 20 heavy (non-hydrogen) atoms. The quantitative estimate of drug-likeness (QED) is 0.680. The van der Waals surface area contributed by atoms with Gasteiger partial charge < -0.3 is 5.73 Å². The second kappa shape index (κ2) is 6.06. The predicted molar refractivity (Wildman–Crippen MR) is 78.9 cm³/mol. The lowest BCUT2D eigenvalue weighted by Gasteiger charge is -2.02. The average Bonchev–Trinajstić information content (AvgIpc) is 2.42. The van der Waals surface area contributed by atoms with Crippen LogP contribution in [0.1, 0.15) is 34.1 Å². The van der Waals surface area contributed by atoms with E-state index in [9.17, 15) is 4.79 Å². The first-order valence-corrected chi connectivity index (χ1v) is 6.24. The van der Waals surface area contributed by atoms with Crippen molar-refractivity contribution in [3.8, 4) is 0 Å². The van der Waals surface area contributed by atoms with Gasteiger partial charge in [-0.3, -0.25) is 9.79 Å². The van der Waals surface area contributed by atoms with Gasteiger partial charge in [-0.1, -0.05) is 24.3 Å². The molecule has 2 N–H and O–H groups in total. The van der Waals surface area contributed by atoms with Crippen LogP contribution in [0.3, 0.4) is 0 Å². The molecular weight excluding hydrogens is 252 g/mol. The van der Waals surface area contributed by atoms with E-state index in [0.29, 0.717) is 17.9 Å². The first-order chi connectivity index (χ1) is 9.58. The lowest BCUT2D eigenvalue weighted by atomic mass is 10.1. The molecule has 1 aromatic carbocycles. The Hall–Kier alpha value is -2.56. The Morgan fingerprint density at radius 1 is 1.30 bits per heavy atom. The van der Waals surface area contributed by atoms with E-state index in [1.165, 1.54) is 6.33 Å². The average molecular weight is 268 g/mol. The zero-order chi connectivity index (χ0) is 14.5. The summed E-state index contributed by atoms with van der Waals surface area (Å²) in [7, 11) is 0. The molecule has 0 aliphatic heterocycles. The van der Waals surface area contributed by atoms with E-state index in [1.807, 2.05) is 19.1 Å². The van der Waals surface area contributed by atoms with Crippen LogP contribution in [0.25, 0.3) is 0 Å². The molecule has 0 aliphatic rings. The van der Waals surface area contributed by atoms with E-state index in [-0.39, 0.29) is 5.78 Å². The summed E-state index contributed by atoms with van der Waals surface area (Å²) in [4.78, 5) is 23.5. The minimum atomic E-state index is 0.0601. The number of carbonyl (C=O) groups is 1. The summed E-state index contributed by atoms with van der Waals surface area (Å²) in [5, 5.41) is 0. The third kappa shape index (κ3) is 3.26. The van der Waals surface area contributed by atoms with E-state index in [4.69, 9.17) is 5.73 Å². The van der Waals surface area contributed by atoms with Crippen LogP contribution in [-0.2, 0) is 6.54 Å². The van der Waals surface area contributed by atoms with E-state index >= 15 is 0 Å². The molecule has 1 aromatic heterocycles. The number of ketones is 1. The Balaban J connectivity index is 2.08. The van der Waals surface area contributed by atoms with Crippen LogP contribution in [-0.4, -0.2) is 22.0 Å². The van der Waals surface area contributed by atoms with Crippen molar-refractivity contribution >= 4 is 17.8 Å². The molecule has 0 spiro atoms. The Morgan fingerprint density at radius 2 is 2.00 bits per heavy atom. The number of aliphatic imine (C=N–C) groups is 1. The van der Waals surface area contributed by atoms with E-state index in [2.05, 4.69) is 15.0 Å². The van der Waals surface area contributed by atoms with Crippen LogP contribution in [0, 0.1) is 6.92 Å². The number of rotatable bonds is 4.